The molecule has 24 heavy (non-hydrogen) atoms. The second-order valence-corrected chi connectivity index (χ2v) is 6.36. The number of pyridine rings is 2. The van der Waals surface area contributed by atoms with Crippen molar-refractivity contribution >= 4 is 0 Å². The first-order chi connectivity index (χ1) is 10.7. The molecule has 0 saturated carbocycles. The SMILES string of the molecule is Cc1ccc[n+](CCCCCCCC[n+]2cccc(C)c2)c1.[I-].[I-]. The largest absolute Gasteiger partial charge is 1.00 e. The predicted octanol–water partition coefficient (Wildman–Crippen LogP) is -2.07. The summed E-state index contributed by atoms with van der Waals surface area (Å²) >= 11 is 0. The maximum Gasteiger partial charge on any atom is 0.171 e. The average molecular weight is 552 g/mol. The zero-order valence-electron chi connectivity index (χ0n) is 14.9. The maximum atomic E-state index is 2.31. The molecule has 2 rings (SSSR count). The van der Waals surface area contributed by atoms with Crippen LogP contribution in [0.1, 0.15) is 49.7 Å². The van der Waals surface area contributed by atoms with Crippen LogP contribution in [0.15, 0.2) is 49.1 Å². The average Bonchev–Trinajstić information content (AvgIpc) is 2.50. The van der Waals surface area contributed by atoms with Gasteiger partial charge in [-0.1, -0.05) is 12.8 Å². The van der Waals surface area contributed by atoms with Gasteiger partial charge in [0.1, 0.15) is 13.1 Å². The molecule has 0 aliphatic rings. The Labute approximate surface area is 181 Å². The van der Waals surface area contributed by atoms with Gasteiger partial charge in [-0.15, -0.1) is 0 Å². The Kier molecular flexibility index (Phi) is 13.8. The van der Waals surface area contributed by atoms with Gasteiger partial charge in [0.2, 0.25) is 0 Å². The molecular weight excluding hydrogens is 522 g/mol. The van der Waals surface area contributed by atoms with E-state index in [1.165, 1.54) is 49.7 Å². The quantitative estimate of drug-likeness (QED) is 0.192. The van der Waals surface area contributed by atoms with Gasteiger partial charge < -0.3 is 48.0 Å². The van der Waals surface area contributed by atoms with Gasteiger partial charge in [0.15, 0.2) is 24.8 Å². The smallest absolute Gasteiger partial charge is 0.171 e. The van der Waals surface area contributed by atoms with Gasteiger partial charge in [0.25, 0.3) is 0 Å². The summed E-state index contributed by atoms with van der Waals surface area (Å²) in [6.45, 7) is 6.62. The van der Waals surface area contributed by atoms with E-state index in [1.54, 1.807) is 0 Å². The lowest BCUT2D eigenvalue weighted by atomic mass is 10.1. The Bertz CT molecular complexity index is 522. The third-order valence-electron chi connectivity index (χ3n) is 4.09. The zero-order valence-corrected chi connectivity index (χ0v) is 19.2. The minimum absolute atomic E-state index is 0. The van der Waals surface area contributed by atoms with Crippen LogP contribution in [-0.2, 0) is 13.1 Å². The molecule has 0 amide bonds. The molecule has 134 valence electrons. The van der Waals surface area contributed by atoms with E-state index in [0.717, 1.165) is 13.1 Å². The van der Waals surface area contributed by atoms with Crippen molar-refractivity contribution in [3.63, 3.8) is 0 Å². The number of hydrogen-bond acceptors (Lipinski definition) is 0. The molecule has 0 saturated heterocycles. The summed E-state index contributed by atoms with van der Waals surface area (Å²) in [4.78, 5) is 0. The number of halogens is 2. The molecular formula is C20H30I2N2. The van der Waals surface area contributed by atoms with Crippen molar-refractivity contribution in [3.8, 4) is 0 Å². The van der Waals surface area contributed by atoms with Gasteiger partial charge in [0, 0.05) is 36.1 Å². The Morgan fingerprint density at radius 2 is 1.00 bits per heavy atom. The molecule has 2 heterocycles. The number of hydrogen-bond donors (Lipinski definition) is 0. The molecule has 0 aromatic carbocycles. The highest BCUT2D eigenvalue weighted by molar-refractivity contribution is 5.01. The van der Waals surface area contributed by atoms with Crippen LogP contribution >= 0.6 is 0 Å². The minimum atomic E-state index is 0. The Hall–Kier alpha value is -0.240. The molecule has 0 radical (unpaired) electrons. The van der Waals surface area contributed by atoms with Crippen molar-refractivity contribution in [2.24, 2.45) is 0 Å². The Morgan fingerprint density at radius 3 is 1.38 bits per heavy atom. The number of aryl methyl sites for hydroxylation is 4. The first-order valence-electron chi connectivity index (χ1n) is 8.65. The number of rotatable bonds is 9. The fourth-order valence-corrected chi connectivity index (χ4v) is 2.88. The molecule has 2 aromatic heterocycles. The monoisotopic (exact) mass is 552 g/mol. The van der Waals surface area contributed by atoms with Crippen LogP contribution in [0, 0.1) is 13.8 Å². The minimum Gasteiger partial charge on any atom is -1.00 e. The summed E-state index contributed by atoms with van der Waals surface area (Å²) in [5.74, 6) is 0. The summed E-state index contributed by atoms with van der Waals surface area (Å²) in [6.07, 6.45) is 16.8. The molecule has 0 aliphatic carbocycles. The van der Waals surface area contributed by atoms with Crippen molar-refractivity contribution in [2.45, 2.75) is 65.5 Å². The summed E-state index contributed by atoms with van der Waals surface area (Å²) in [6, 6.07) is 8.59. The Morgan fingerprint density at radius 1 is 0.625 bits per heavy atom. The van der Waals surface area contributed by atoms with E-state index in [9.17, 15) is 0 Å². The normalized spacial score (nSPS) is 9.92. The van der Waals surface area contributed by atoms with Crippen molar-refractivity contribution in [1.82, 2.24) is 0 Å². The summed E-state index contributed by atoms with van der Waals surface area (Å²) < 4.78 is 4.62. The lowest BCUT2D eigenvalue weighted by molar-refractivity contribution is -0.698. The van der Waals surface area contributed by atoms with Crippen molar-refractivity contribution in [3.05, 3.63) is 60.2 Å². The van der Waals surface area contributed by atoms with E-state index in [2.05, 4.69) is 72.0 Å². The number of unbranched alkanes of at least 4 members (excludes halogenated alkanes) is 5. The standard InChI is InChI=1S/C20H30N2.2HI/c1-19-11-9-15-21(17-19)13-7-5-3-4-6-8-14-22-16-10-12-20(2)18-22;;/h9-12,15-18H,3-8,13-14H2,1-2H3;2*1H/q+2;;/p-2. The molecule has 2 aromatic rings. The van der Waals surface area contributed by atoms with Crippen molar-refractivity contribution in [1.29, 1.82) is 0 Å². The van der Waals surface area contributed by atoms with E-state index < -0.39 is 0 Å². The molecule has 0 N–H and O–H groups in total. The van der Waals surface area contributed by atoms with Crippen LogP contribution in [0.5, 0.6) is 0 Å². The predicted molar refractivity (Wildman–Crippen MR) is 90.5 cm³/mol. The fraction of sp³-hybridized carbons (Fsp3) is 0.500. The molecule has 0 unspecified atom stereocenters. The third kappa shape index (κ3) is 9.91. The molecule has 0 aliphatic heterocycles. The summed E-state index contributed by atoms with van der Waals surface area (Å²) in [5, 5.41) is 0. The van der Waals surface area contributed by atoms with Crippen LogP contribution in [0.3, 0.4) is 0 Å². The van der Waals surface area contributed by atoms with E-state index in [4.69, 9.17) is 0 Å². The van der Waals surface area contributed by atoms with Gasteiger partial charge in [0.05, 0.1) is 0 Å². The van der Waals surface area contributed by atoms with Gasteiger partial charge in [-0.2, -0.15) is 0 Å². The Balaban J connectivity index is 0.00000264. The second-order valence-electron chi connectivity index (χ2n) is 6.36. The molecule has 2 nitrogen and oxygen atoms in total. The third-order valence-corrected chi connectivity index (χ3v) is 4.09. The highest BCUT2D eigenvalue weighted by Crippen LogP contribution is 2.05. The zero-order chi connectivity index (χ0) is 15.6. The van der Waals surface area contributed by atoms with E-state index in [-0.39, 0.29) is 48.0 Å². The fourth-order valence-electron chi connectivity index (χ4n) is 2.88. The highest BCUT2D eigenvalue weighted by Gasteiger charge is 2.01. The van der Waals surface area contributed by atoms with Gasteiger partial charge in [-0.25, -0.2) is 9.13 Å². The molecule has 0 atom stereocenters. The van der Waals surface area contributed by atoms with Crippen molar-refractivity contribution < 1.29 is 57.1 Å². The van der Waals surface area contributed by atoms with Crippen LogP contribution in [0.2, 0.25) is 0 Å². The lowest BCUT2D eigenvalue weighted by Gasteiger charge is -2.01. The van der Waals surface area contributed by atoms with Crippen LogP contribution in [-0.4, -0.2) is 0 Å². The van der Waals surface area contributed by atoms with Crippen LogP contribution < -0.4 is 57.1 Å². The lowest BCUT2D eigenvalue weighted by Crippen LogP contribution is -3.00. The number of aromatic nitrogens is 2. The first kappa shape index (κ1) is 23.8. The topological polar surface area (TPSA) is 7.76 Å². The molecule has 0 bridgehead atoms. The highest BCUT2D eigenvalue weighted by atomic mass is 127. The number of nitrogens with zero attached hydrogens (tertiary/aromatic N) is 2. The second kappa shape index (κ2) is 14.0. The first-order valence-corrected chi connectivity index (χ1v) is 8.65. The van der Waals surface area contributed by atoms with E-state index in [1.807, 2.05) is 0 Å². The van der Waals surface area contributed by atoms with Crippen molar-refractivity contribution in [2.75, 3.05) is 0 Å². The van der Waals surface area contributed by atoms with E-state index in [0.29, 0.717) is 0 Å². The van der Waals surface area contributed by atoms with Crippen LogP contribution in [0.25, 0.3) is 0 Å². The van der Waals surface area contributed by atoms with Gasteiger partial charge in [-0.05, 0) is 38.8 Å². The summed E-state index contributed by atoms with van der Waals surface area (Å²) in [5.41, 5.74) is 2.69. The van der Waals surface area contributed by atoms with E-state index >= 15 is 0 Å². The molecule has 4 heteroatoms. The van der Waals surface area contributed by atoms with Gasteiger partial charge >= 0.3 is 0 Å². The summed E-state index contributed by atoms with van der Waals surface area (Å²) in [7, 11) is 0. The van der Waals surface area contributed by atoms with Crippen LogP contribution in [0.4, 0.5) is 0 Å². The van der Waals surface area contributed by atoms with Gasteiger partial charge in [-0.3, -0.25) is 0 Å². The molecule has 0 spiro atoms. The molecule has 0 fully saturated rings. The maximum absolute atomic E-state index is 2.31.